The SMILES string of the molecule is CCC1CCC(NC2=NC3CCCC3CS2)CC1. The van der Waals surface area contributed by atoms with Crippen molar-refractivity contribution in [2.45, 2.75) is 70.4 Å². The van der Waals surface area contributed by atoms with Crippen molar-refractivity contribution in [2.24, 2.45) is 16.8 Å². The second-order valence-corrected chi connectivity index (χ2v) is 7.28. The van der Waals surface area contributed by atoms with Gasteiger partial charge in [0.1, 0.15) is 0 Å². The van der Waals surface area contributed by atoms with Crippen LogP contribution in [-0.4, -0.2) is 23.0 Å². The molecule has 1 aliphatic heterocycles. The van der Waals surface area contributed by atoms with Crippen molar-refractivity contribution in [2.75, 3.05) is 5.75 Å². The summed E-state index contributed by atoms with van der Waals surface area (Å²) in [5.41, 5.74) is 0. The van der Waals surface area contributed by atoms with Gasteiger partial charge >= 0.3 is 0 Å². The summed E-state index contributed by atoms with van der Waals surface area (Å²) >= 11 is 1.98. The summed E-state index contributed by atoms with van der Waals surface area (Å²) in [6.45, 7) is 2.33. The molecular formula is C15H26N2S. The average Bonchev–Trinajstić information content (AvgIpc) is 2.87. The predicted molar refractivity (Wildman–Crippen MR) is 80.2 cm³/mol. The fraction of sp³-hybridized carbons (Fsp3) is 0.933. The van der Waals surface area contributed by atoms with E-state index in [9.17, 15) is 0 Å². The van der Waals surface area contributed by atoms with Crippen LogP contribution in [0.2, 0.25) is 0 Å². The Bertz CT molecular complexity index is 308. The van der Waals surface area contributed by atoms with Gasteiger partial charge in [0.15, 0.2) is 5.17 Å². The maximum Gasteiger partial charge on any atom is 0.157 e. The molecule has 102 valence electrons. The van der Waals surface area contributed by atoms with Gasteiger partial charge in [-0.2, -0.15) is 0 Å². The van der Waals surface area contributed by atoms with Crippen molar-refractivity contribution in [1.29, 1.82) is 0 Å². The molecule has 2 nitrogen and oxygen atoms in total. The number of rotatable bonds is 2. The summed E-state index contributed by atoms with van der Waals surface area (Å²) in [5, 5.41) is 4.99. The molecule has 2 aliphatic carbocycles. The molecule has 0 aromatic heterocycles. The van der Waals surface area contributed by atoms with Gasteiger partial charge in [0, 0.05) is 11.8 Å². The van der Waals surface area contributed by atoms with Gasteiger partial charge in [-0.15, -0.1) is 0 Å². The molecule has 18 heavy (non-hydrogen) atoms. The van der Waals surface area contributed by atoms with Gasteiger partial charge in [-0.25, -0.2) is 0 Å². The molecule has 0 radical (unpaired) electrons. The van der Waals surface area contributed by atoms with E-state index in [4.69, 9.17) is 4.99 Å². The summed E-state index contributed by atoms with van der Waals surface area (Å²) < 4.78 is 0. The highest BCUT2D eigenvalue weighted by molar-refractivity contribution is 8.13. The zero-order chi connectivity index (χ0) is 12.4. The maximum absolute atomic E-state index is 4.95. The molecule has 0 amide bonds. The van der Waals surface area contributed by atoms with E-state index in [-0.39, 0.29) is 0 Å². The lowest BCUT2D eigenvalue weighted by Gasteiger charge is -2.31. The van der Waals surface area contributed by atoms with Gasteiger partial charge in [0.25, 0.3) is 0 Å². The molecule has 0 bridgehead atoms. The second kappa shape index (κ2) is 5.85. The zero-order valence-corrected chi connectivity index (χ0v) is 12.3. The minimum Gasteiger partial charge on any atom is -0.362 e. The van der Waals surface area contributed by atoms with E-state index < -0.39 is 0 Å². The van der Waals surface area contributed by atoms with Crippen LogP contribution >= 0.6 is 11.8 Å². The third-order valence-corrected chi connectivity index (χ3v) is 6.18. The maximum atomic E-state index is 4.95. The number of nitrogens with one attached hydrogen (secondary N) is 1. The van der Waals surface area contributed by atoms with E-state index >= 15 is 0 Å². The summed E-state index contributed by atoms with van der Waals surface area (Å²) in [4.78, 5) is 4.95. The van der Waals surface area contributed by atoms with Crippen LogP contribution in [0.4, 0.5) is 0 Å². The number of aliphatic imine (C=N–C) groups is 1. The van der Waals surface area contributed by atoms with E-state index in [1.165, 1.54) is 62.3 Å². The molecule has 0 saturated heterocycles. The Morgan fingerprint density at radius 3 is 2.78 bits per heavy atom. The summed E-state index contributed by atoms with van der Waals surface area (Å²) in [7, 11) is 0. The first-order valence-electron chi connectivity index (χ1n) is 7.82. The molecule has 0 aromatic rings. The van der Waals surface area contributed by atoms with E-state index in [2.05, 4.69) is 12.2 Å². The van der Waals surface area contributed by atoms with Crippen molar-refractivity contribution in [3.8, 4) is 0 Å². The fourth-order valence-corrected chi connectivity index (χ4v) is 4.94. The van der Waals surface area contributed by atoms with Crippen LogP contribution in [0.3, 0.4) is 0 Å². The smallest absolute Gasteiger partial charge is 0.157 e. The zero-order valence-electron chi connectivity index (χ0n) is 11.5. The Balaban J connectivity index is 1.51. The summed E-state index contributed by atoms with van der Waals surface area (Å²) in [6.07, 6.45) is 11.0. The molecule has 3 aliphatic rings. The molecule has 3 heteroatoms. The molecule has 1 heterocycles. The van der Waals surface area contributed by atoms with Gasteiger partial charge < -0.3 is 5.32 Å². The second-order valence-electron chi connectivity index (χ2n) is 6.27. The lowest BCUT2D eigenvalue weighted by Crippen LogP contribution is -2.39. The van der Waals surface area contributed by atoms with Gasteiger partial charge in [-0.05, 0) is 50.4 Å². The van der Waals surface area contributed by atoms with Crippen molar-refractivity contribution in [3.63, 3.8) is 0 Å². The summed E-state index contributed by atoms with van der Waals surface area (Å²) in [6, 6.07) is 1.36. The molecule has 2 fully saturated rings. The van der Waals surface area contributed by atoms with E-state index in [1.807, 2.05) is 11.8 Å². The normalized spacial score (nSPS) is 40.2. The molecule has 2 atom stereocenters. The Morgan fingerprint density at radius 2 is 2.00 bits per heavy atom. The molecule has 3 rings (SSSR count). The quantitative estimate of drug-likeness (QED) is 0.822. The van der Waals surface area contributed by atoms with Crippen molar-refractivity contribution in [1.82, 2.24) is 5.32 Å². The highest BCUT2D eigenvalue weighted by atomic mass is 32.2. The third kappa shape index (κ3) is 2.87. The van der Waals surface area contributed by atoms with Crippen molar-refractivity contribution >= 4 is 16.9 Å². The molecule has 2 unspecified atom stereocenters. The van der Waals surface area contributed by atoms with Crippen molar-refractivity contribution in [3.05, 3.63) is 0 Å². The van der Waals surface area contributed by atoms with Crippen LogP contribution in [0.15, 0.2) is 4.99 Å². The monoisotopic (exact) mass is 266 g/mol. The molecule has 1 N–H and O–H groups in total. The van der Waals surface area contributed by atoms with Crippen LogP contribution < -0.4 is 5.32 Å². The summed E-state index contributed by atoms with van der Waals surface area (Å²) in [5.74, 6) is 3.18. The minimum absolute atomic E-state index is 0.653. The number of hydrogen-bond donors (Lipinski definition) is 1. The number of hydrogen-bond acceptors (Lipinski definition) is 3. The average molecular weight is 266 g/mol. The first-order valence-corrected chi connectivity index (χ1v) is 8.81. The van der Waals surface area contributed by atoms with Crippen LogP contribution in [0.5, 0.6) is 0 Å². The fourth-order valence-electron chi connectivity index (χ4n) is 3.72. The van der Waals surface area contributed by atoms with Crippen LogP contribution in [0, 0.1) is 11.8 Å². The Hall–Kier alpha value is -0.180. The minimum atomic E-state index is 0.653. The Morgan fingerprint density at radius 1 is 1.17 bits per heavy atom. The van der Waals surface area contributed by atoms with Gasteiger partial charge in [-0.3, -0.25) is 4.99 Å². The van der Waals surface area contributed by atoms with E-state index in [0.717, 1.165) is 11.8 Å². The Labute approximate surface area is 115 Å². The molecule has 2 saturated carbocycles. The molecular weight excluding hydrogens is 240 g/mol. The highest BCUT2D eigenvalue weighted by Crippen LogP contribution is 2.35. The standard InChI is InChI=1S/C15H26N2S/c1-2-11-6-8-13(9-7-11)16-15-17-14-5-3-4-12(14)10-18-15/h11-14H,2-10H2,1H3,(H,16,17). The van der Waals surface area contributed by atoms with Crippen LogP contribution in [0.1, 0.15) is 58.3 Å². The van der Waals surface area contributed by atoms with Gasteiger partial charge in [-0.1, -0.05) is 31.5 Å². The number of fused-ring (bicyclic) bond motifs is 1. The van der Waals surface area contributed by atoms with Gasteiger partial charge in [0.2, 0.25) is 0 Å². The topological polar surface area (TPSA) is 24.4 Å². The highest BCUT2D eigenvalue weighted by Gasteiger charge is 2.31. The van der Waals surface area contributed by atoms with E-state index in [1.54, 1.807) is 0 Å². The predicted octanol–water partition coefficient (Wildman–Crippen LogP) is 3.82. The number of amidine groups is 1. The molecule has 0 aromatic carbocycles. The van der Waals surface area contributed by atoms with Crippen LogP contribution in [-0.2, 0) is 0 Å². The van der Waals surface area contributed by atoms with Gasteiger partial charge in [0.05, 0.1) is 6.04 Å². The lowest BCUT2D eigenvalue weighted by molar-refractivity contribution is 0.305. The molecule has 0 spiro atoms. The van der Waals surface area contributed by atoms with Crippen LogP contribution in [0.25, 0.3) is 0 Å². The number of nitrogens with zero attached hydrogens (tertiary/aromatic N) is 1. The Kier molecular flexibility index (Phi) is 4.17. The first kappa shape index (κ1) is 12.8. The number of thioether (sulfide) groups is 1. The van der Waals surface area contributed by atoms with Crippen molar-refractivity contribution < 1.29 is 0 Å². The largest absolute Gasteiger partial charge is 0.362 e. The third-order valence-electron chi connectivity index (χ3n) is 5.09. The van der Waals surface area contributed by atoms with E-state index in [0.29, 0.717) is 12.1 Å². The first-order chi connectivity index (χ1) is 8.85. The lowest BCUT2D eigenvalue weighted by atomic mass is 9.85.